The molecule has 1 atom stereocenters. The molecule has 0 aromatic heterocycles. The number of aliphatic hydroxyl groups is 1. The van der Waals surface area contributed by atoms with Crippen LogP contribution in [-0.2, 0) is 0 Å². The van der Waals surface area contributed by atoms with Gasteiger partial charge in [-0.3, -0.25) is 4.99 Å². The van der Waals surface area contributed by atoms with E-state index in [2.05, 4.69) is 9.89 Å². The summed E-state index contributed by atoms with van der Waals surface area (Å²) in [6.07, 6.45) is 3.98. The normalized spacial score (nSPS) is 16.8. The summed E-state index contributed by atoms with van der Waals surface area (Å²) in [5.41, 5.74) is 6.73. The van der Waals surface area contributed by atoms with E-state index in [0.717, 1.165) is 25.9 Å². The van der Waals surface area contributed by atoms with E-state index in [1.807, 2.05) is 0 Å². The summed E-state index contributed by atoms with van der Waals surface area (Å²) in [5, 5.41) is 10.4. The average molecular weight is 449 g/mol. The molecular weight excluding hydrogens is 421 g/mol. The molecule has 1 saturated heterocycles. The van der Waals surface area contributed by atoms with Crippen LogP contribution in [0.15, 0.2) is 23.2 Å². The molecule has 24 heavy (non-hydrogen) atoms. The minimum atomic E-state index is -0.787. The Bertz CT molecular complexity index is 532. The number of guanidine groups is 1. The third kappa shape index (κ3) is 5.70. The lowest BCUT2D eigenvalue weighted by molar-refractivity contribution is 0.181. The van der Waals surface area contributed by atoms with Gasteiger partial charge in [-0.1, -0.05) is 12.8 Å². The molecule has 3 N–H and O–H groups in total. The molecule has 0 amide bonds. The summed E-state index contributed by atoms with van der Waals surface area (Å²) < 4.78 is 10.5. The highest BCUT2D eigenvalue weighted by atomic mass is 127. The van der Waals surface area contributed by atoms with Crippen LogP contribution < -0.4 is 15.2 Å². The molecule has 136 valence electrons. The van der Waals surface area contributed by atoms with Crippen LogP contribution in [0.5, 0.6) is 11.5 Å². The number of nitrogens with zero attached hydrogens (tertiary/aromatic N) is 2. The van der Waals surface area contributed by atoms with Crippen molar-refractivity contribution < 1.29 is 14.6 Å². The number of ether oxygens (including phenoxy) is 2. The van der Waals surface area contributed by atoms with Gasteiger partial charge in [0, 0.05) is 18.7 Å². The number of benzene rings is 1. The predicted molar refractivity (Wildman–Crippen MR) is 106 cm³/mol. The van der Waals surface area contributed by atoms with E-state index in [-0.39, 0.29) is 30.5 Å². The van der Waals surface area contributed by atoms with Crippen LogP contribution in [-0.4, -0.2) is 49.8 Å². The van der Waals surface area contributed by atoms with Crippen LogP contribution in [0.2, 0.25) is 0 Å². The van der Waals surface area contributed by atoms with Crippen LogP contribution >= 0.6 is 24.0 Å². The van der Waals surface area contributed by atoms with E-state index in [4.69, 9.17) is 15.2 Å². The monoisotopic (exact) mass is 449 g/mol. The lowest BCUT2D eigenvalue weighted by Gasteiger charge is -2.22. The number of aliphatic imine (C=N–C) groups is 1. The van der Waals surface area contributed by atoms with Gasteiger partial charge in [-0.25, -0.2) is 0 Å². The summed E-state index contributed by atoms with van der Waals surface area (Å²) in [7, 11) is 3.17. The molecule has 2 rings (SSSR count). The van der Waals surface area contributed by atoms with Crippen LogP contribution in [0.4, 0.5) is 0 Å². The SMILES string of the molecule is COc1ccc(OC)c(C(O)CN=C(N)N2CCCCCC2)c1.I. The second kappa shape index (κ2) is 10.6. The van der Waals surface area contributed by atoms with Crippen LogP contribution in [0, 0.1) is 0 Å². The minimum Gasteiger partial charge on any atom is -0.497 e. The third-order valence-corrected chi connectivity index (χ3v) is 4.15. The lowest BCUT2D eigenvalue weighted by atomic mass is 10.1. The molecule has 1 aromatic rings. The highest BCUT2D eigenvalue weighted by Crippen LogP contribution is 2.29. The highest BCUT2D eigenvalue weighted by Gasteiger charge is 2.16. The molecule has 1 aliphatic rings. The molecule has 1 heterocycles. The average Bonchev–Trinajstić information content (AvgIpc) is 2.88. The van der Waals surface area contributed by atoms with Gasteiger partial charge in [-0.15, -0.1) is 24.0 Å². The van der Waals surface area contributed by atoms with Gasteiger partial charge in [-0.2, -0.15) is 0 Å². The fraction of sp³-hybridized carbons (Fsp3) is 0.588. The van der Waals surface area contributed by atoms with Crippen molar-refractivity contribution in [3.05, 3.63) is 23.8 Å². The largest absolute Gasteiger partial charge is 0.497 e. The molecule has 0 bridgehead atoms. The first-order valence-electron chi connectivity index (χ1n) is 8.10. The van der Waals surface area contributed by atoms with Crippen molar-refractivity contribution in [2.75, 3.05) is 33.9 Å². The Hall–Kier alpha value is -1.22. The number of halogens is 1. The van der Waals surface area contributed by atoms with Gasteiger partial charge in [0.15, 0.2) is 5.96 Å². The number of rotatable bonds is 5. The second-order valence-corrected chi connectivity index (χ2v) is 5.72. The summed E-state index contributed by atoms with van der Waals surface area (Å²) in [6.45, 7) is 2.08. The van der Waals surface area contributed by atoms with Crippen molar-refractivity contribution in [1.29, 1.82) is 0 Å². The molecule has 0 saturated carbocycles. The van der Waals surface area contributed by atoms with E-state index in [1.54, 1.807) is 32.4 Å². The number of methoxy groups -OCH3 is 2. The molecule has 6 nitrogen and oxygen atoms in total. The van der Waals surface area contributed by atoms with Gasteiger partial charge < -0.3 is 25.2 Å². The third-order valence-electron chi connectivity index (χ3n) is 4.15. The zero-order valence-electron chi connectivity index (χ0n) is 14.4. The molecule has 1 unspecified atom stereocenters. The molecule has 0 radical (unpaired) electrons. The minimum absolute atomic E-state index is 0. The van der Waals surface area contributed by atoms with E-state index in [0.29, 0.717) is 23.0 Å². The quantitative estimate of drug-likeness (QED) is 0.411. The van der Waals surface area contributed by atoms with Crippen molar-refractivity contribution >= 4 is 29.9 Å². The molecule has 7 heteroatoms. The van der Waals surface area contributed by atoms with Gasteiger partial charge in [0.2, 0.25) is 0 Å². The molecular formula is C17H28IN3O3. The standard InChI is InChI=1S/C17H27N3O3.HI/c1-22-13-7-8-16(23-2)14(11-13)15(21)12-19-17(18)20-9-5-3-4-6-10-20;/h7-8,11,15,21H,3-6,9-10,12H2,1-2H3,(H2,18,19);1H. The maximum Gasteiger partial charge on any atom is 0.191 e. The summed E-state index contributed by atoms with van der Waals surface area (Å²) in [5.74, 6) is 1.79. The van der Waals surface area contributed by atoms with Crippen molar-refractivity contribution in [3.63, 3.8) is 0 Å². The summed E-state index contributed by atoms with van der Waals surface area (Å²) >= 11 is 0. The zero-order chi connectivity index (χ0) is 16.7. The topological polar surface area (TPSA) is 80.3 Å². The van der Waals surface area contributed by atoms with Gasteiger partial charge in [0.05, 0.1) is 20.8 Å². The Morgan fingerprint density at radius 3 is 2.46 bits per heavy atom. The van der Waals surface area contributed by atoms with Crippen molar-refractivity contribution in [3.8, 4) is 11.5 Å². The van der Waals surface area contributed by atoms with E-state index < -0.39 is 6.10 Å². The summed E-state index contributed by atoms with van der Waals surface area (Å²) in [6, 6.07) is 5.34. The van der Waals surface area contributed by atoms with E-state index in [9.17, 15) is 5.11 Å². The molecule has 0 spiro atoms. The number of hydrogen-bond donors (Lipinski definition) is 2. The van der Waals surface area contributed by atoms with Crippen molar-refractivity contribution in [2.45, 2.75) is 31.8 Å². The fourth-order valence-corrected chi connectivity index (χ4v) is 2.78. The molecule has 1 aromatic carbocycles. The Kier molecular flexibility index (Phi) is 9.20. The number of nitrogens with two attached hydrogens (primary N) is 1. The highest BCUT2D eigenvalue weighted by molar-refractivity contribution is 14.0. The van der Waals surface area contributed by atoms with Crippen LogP contribution in [0.25, 0.3) is 0 Å². The molecule has 1 aliphatic heterocycles. The van der Waals surface area contributed by atoms with Gasteiger partial charge >= 0.3 is 0 Å². The van der Waals surface area contributed by atoms with Crippen molar-refractivity contribution in [2.24, 2.45) is 10.7 Å². The van der Waals surface area contributed by atoms with E-state index in [1.165, 1.54) is 12.8 Å². The first-order chi connectivity index (χ1) is 11.2. The maximum atomic E-state index is 10.4. The molecule has 1 fully saturated rings. The van der Waals surface area contributed by atoms with Gasteiger partial charge in [0.25, 0.3) is 0 Å². The second-order valence-electron chi connectivity index (χ2n) is 5.72. The maximum absolute atomic E-state index is 10.4. The zero-order valence-corrected chi connectivity index (χ0v) is 16.7. The first kappa shape index (κ1) is 20.8. The van der Waals surface area contributed by atoms with Crippen LogP contribution in [0.3, 0.4) is 0 Å². The number of hydrogen-bond acceptors (Lipinski definition) is 4. The number of likely N-dealkylation sites (tertiary alicyclic amines) is 1. The van der Waals surface area contributed by atoms with Crippen molar-refractivity contribution in [1.82, 2.24) is 4.90 Å². The Morgan fingerprint density at radius 2 is 1.88 bits per heavy atom. The van der Waals surface area contributed by atoms with Gasteiger partial charge in [0.1, 0.15) is 17.6 Å². The fourth-order valence-electron chi connectivity index (χ4n) is 2.78. The molecule has 0 aliphatic carbocycles. The lowest BCUT2D eigenvalue weighted by Crippen LogP contribution is -2.38. The predicted octanol–water partition coefficient (Wildman–Crippen LogP) is 2.55. The number of aliphatic hydroxyl groups excluding tert-OH is 1. The van der Waals surface area contributed by atoms with Gasteiger partial charge in [-0.05, 0) is 31.0 Å². The summed E-state index contributed by atoms with van der Waals surface area (Å²) in [4.78, 5) is 6.47. The Labute approximate surface area is 161 Å². The Morgan fingerprint density at radius 1 is 1.21 bits per heavy atom. The first-order valence-corrected chi connectivity index (χ1v) is 8.10. The smallest absolute Gasteiger partial charge is 0.191 e. The van der Waals surface area contributed by atoms with Crippen LogP contribution in [0.1, 0.15) is 37.4 Å². The Balaban J connectivity index is 0.00000288. The van der Waals surface area contributed by atoms with E-state index >= 15 is 0 Å².